The molecule has 3 aromatic rings. The Labute approximate surface area is 182 Å². The molecule has 33 heavy (non-hydrogen) atoms. The van der Waals surface area contributed by atoms with E-state index in [1.807, 2.05) is 0 Å². The van der Waals surface area contributed by atoms with Crippen LogP contribution in [0.25, 0.3) is 22.6 Å². The molecule has 0 aliphatic rings. The molecular weight excluding hydrogens is 498 g/mol. The predicted octanol–water partition coefficient (Wildman–Crippen LogP) is 6.56. The van der Waals surface area contributed by atoms with E-state index in [9.17, 15) is 43.9 Å². The summed E-state index contributed by atoms with van der Waals surface area (Å²) in [6, 6.07) is 8.21. The van der Waals surface area contributed by atoms with E-state index >= 15 is 0 Å². The number of halogens is 11. The number of pyridine rings is 1. The van der Waals surface area contributed by atoms with Crippen LogP contribution in [0.4, 0.5) is 43.9 Å². The van der Waals surface area contributed by atoms with Crippen molar-refractivity contribution in [3.05, 3.63) is 59.3 Å². The number of nitrogens with zero attached hydrogens (tertiary/aromatic N) is 4. The molecule has 0 bridgehead atoms. The lowest BCUT2D eigenvalue weighted by Crippen LogP contribution is -2.39. The highest BCUT2D eigenvalue weighted by atomic mass is 35.5. The van der Waals surface area contributed by atoms with Crippen LogP contribution in [-0.4, -0.2) is 32.3 Å². The number of hydrogen-bond donors (Lipinski definition) is 0. The van der Waals surface area contributed by atoms with Crippen molar-refractivity contribution in [3.63, 3.8) is 0 Å². The Morgan fingerprint density at radius 2 is 1.03 bits per heavy atom. The summed E-state index contributed by atoms with van der Waals surface area (Å²) in [4.78, 5) is 11.6. The molecule has 0 fully saturated rings. The van der Waals surface area contributed by atoms with Crippen molar-refractivity contribution in [2.75, 3.05) is 0 Å². The zero-order valence-electron chi connectivity index (χ0n) is 15.5. The molecular formula is C18H7ClF10N4. The standard InChI is InChI=1S/C18H7ClF10N4/c19-10-4-1-8(2-5-10)11-6-3-9(7-30-11)12-31-13(15(20,21)17(24,25)26)33-14(32-12)16(22,23)18(27,28)29/h1-7H. The van der Waals surface area contributed by atoms with Crippen molar-refractivity contribution in [3.8, 4) is 22.6 Å². The van der Waals surface area contributed by atoms with Crippen molar-refractivity contribution in [1.82, 2.24) is 19.9 Å². The fourth-order valence-electron chi connectivity index (χ4n) is 2.36. The smallest absolute Gasteiger partial charge is 0.255 e. The van der Waals surface area contributed by atoms with Gasteiger partial charge in [0, 0.05) is 22.3 Å². The Bertz CT molecular complexity index is 1100. The molecule has 4 nitrogen and oxygen atoms in total. The maximum absolute atomic E-state index is 13.7. The van der Waals surface area contributed by atoms with Crippen molar-refractivity contribution >= 4 is 11.6 Å². The molecule has 0 radical (unpaired) electrons. The number of aromatic nitrogens is 4. The van der Waals surface area contributed by atoms with Gasteiger partial charge in [0.25, 0.3) is 0 Å². The molecule has 176 valence electrons. The molecule has 0 saturated carbocycles. The van der Waals surface area contributed by atoms with Gasteiger partial charge in [0.15, 0.2) is 5.82 Å². The van der Waals surface area contributed by atoms with Gasteiger partial charge < -0.3 is 0 Å². The monoisotopic (exact) mass is 504 g/mol. The number of alkyl halides is 10. The summed E-state index contributed by atoms with van der Waals surface area (Å²) in [5.74, 6) is -18.4. The van der Waals surface area contributed by atoms with Crippen LogP contribution in [0.5, 0.6) is 0 Å². The highest BCUT2D eigenvalue weighted by molar-refractivity contribution is 6.30. The third kappa shape index (κ3) is 4.70. The Morgan fingerprint density at radius 1 is 0.576 bits per heavy atom. The Kier molecular flexibility index (Phi) is 6.02. The first-order valence-electron chi connectivity index (χ1n) is 8.42. The minimum absolute atomic E-state index is 0.228. The van der Waals surface area contributed by atoms with Gasteiger partial charge in [-0.2, -0.15) is 43.9 Å². The molecule has 0 unspecified atom stereocenters. The van der Waals surface area contributed by atoms with E-state index in [1.54, 1.807) is 0 Å². The minimum Gasteiger partial charge on any atom is -0.255 e. The maximum Gasteiger partial charge on any atom is 0.461 e. The van der Waals surface area contributed by atoms with Gasteiger partial charge >= 0.3 is 24.2 Å². The average Bonchev–Trinajstić information content (AvgIpc) is 2.72. The van der Waals surface area contributed by atoms with Crippen LogP contribution < -0.4 is 0 Å². The fourth-order valence-corrected chi connectivity index (χ4v) is 2.48. The van der Waals surface area contributed by atoms with Gasteiger partial charge in [-0.15, -0.1) is 0 Å². The Balaban J connectivity index is 2.15. The van der Waals surface area contributed by atoms with Gasteiger partial charge in [-0.3, -0.25) is 4.98 Å². The molecule has 0 atom stereocenters. The summed E-state index contributed by atoms with van der Waals surface area (Å²) in [6.07, 6.45) is -12.0. The highest BCUT2D eigenvalue weighted by Gasteiger charge is 2.64. The van der Waals surface area contributed by atoms with Gasteiger partial charge in [0.1, 0.15) is 0 Å². The molecule has 15 heteroatoms. The number of hydrogen-bond acceptors (Lipinski definition) is 4. The second-order valence-corrected chi connectivity index (χ2v) is 6.83. The first-order valence-corrected chi connectivity index (χ1v) is 8.80. The van der Waals surface area contributed by atoms with Crippen molar-refractivity contribution in [2.24, 2.45) is 0 Å². The zero-order valence-corrected chi connectivity index (χ0v) is 16.2. The van der Waals surface area contributed by atoms with Gasteiger partial charge in [0.05, 0.1) is 5.69 Å². The SMILES string of the molecule is FC(F)(F)C(F)(F)c1nc(-c2ccc(-c3ccc(Cl)cc3)nc2)nc(C(F)(F)C(F)(F)F)n1. The van der Waals surface area contributed by atoms with Crippen LogP contribution in [0.2, 0.25) is 5.02 Å². The molecule has 0 aliphatic heterocycles. The quantitative estimate of drug-likeness (QED) is 0.378. The average molecular weight is 505 g/mol. The van der Waals surface area contributed by atoms with E-state index in [2.05, 4.69) is 19.9 Å². The lowest BCUT2D eigenvalue weighted by Gasteiger charge is -2.22. The zero-order chi connectivity index (χ0) is 24.8. The summed E-state index contributed by atoms with van der Waals surface area (Å²) in [7, 11) is 0. The summed E-state index contributed by atoms with van der Waals surface area (Å²) in [6.45, 7) is 0. The third-order valence-corrected chi connectivity index (χ3v) is 4.32. The fraction of sp³-hybridized carbons (Fsp3) is 0.222. The minimum atomic E-state index is -6.38. The molecule has 0 N–H and O–H groups in total. The number of rotatable bonds is 4. The predicted molar refractivity (Wildman–Crippen MR) is 93.4 cm³/mol. The third-order valence-electron chi connectivity index (χ3n) is 4.07. The number of benzene rings is 1. The molecule has 0 amide bonds. The molecule has 3 rings (SSSR count). The molecule has 0 spiro atoms. The molecule has 2 heterocycles. The van der Waals surface area contributed by atoms with Crippen LogP contribution in [0.1, 0.15) is 11.6 Å². The van der Waals surface area contributed by atoms with Crippen molar-refractivity contribution < 1.29 is 43.9 Å². The van der Waals surface area contributed by atoms with E-state index in [0.717, 1.165) is 12.3 Å². The lowest BCUT2D eigenvalue weighted by atomic mass is 10.1. The van der Waals surface area contributed by atoms with Crippen LogP contribution in [0, 0.1) is 0 Å². The molecule has 0 saturated heterocycles. The summed E-state index contributed by atoms with van der Waals surface area (Å²) < 4.78 is 131. The second kappa shape index (κ2) is 8.08. The Morgan fingerprint density at radius 3 is 1.42 bits per heavy atom. The van der Waals surface area contributed by atoms with Gasteiger partial charge in [-0.05, 0) is 24.3 Å². The van der Waals surface area contributed by atoms with E-state index in [4.69, 9.17) is 11.6 Å². The van der Waals surface area contributed by atoms with E-state index in [1.165, 1.54) is 30.3 Å². The van der Waals surface area contributed by atoms with Gasteiger partial charge in [-0.1, -0.05) is 23.7 Å². The molecule has 0 aliphatic carbocycles. The lowest BCUT2D eigenvalue weighted by molar-refractivity contribution is -0.297. The van der Waals surface area contributed by atoms with E-state index < -0.39 is 47.2 Å². The molecule has 1 aromatic carbocycles. The maximum atomic E-state index is 13.7. The van der Waals surface area contributed by atoms with Crippen LogP contribution >= 0.6 is 11.6 Å². The first kappa shape index (κ1) is 24.6. The van der Waals surface area contributed by atoms with E-state index in [0.29, 0.717) is 10.6 Å². The van der Waals surface area contributed by atoms with Crippen LogP contribution in [0.15, 0.2) is 42.6 Å². The summed E-state index contributed by atoms with van der Waals surface area (Å²) >= 11 is 5.75. The van der Waals surface area contributed by atoms with Crippen molar-refractivity contribution in [2.45, 2.75) is 24.2 Å². The van der Waals surface area contributed by atoms with Crippen LogP contribution in [-0.2, 0) is 11.8 Å². The highest BCUT2D eigenvalue weighted by Crippen LogP contribution is 2.46. The van der Waals surface area contributed by atoms with Crippen LogP contribution in [0.3, 0.4) is 0 Å². The second-order valence-electron chi connectivity index (χ2n) is 6.39. The topological polar surface area (TPSA) is 51.6 Å². The Hall–Kier alpha value is -3.03. The van der Waals surface area contributed by atoms with Crippen molar-refractivity contribution in [1.29, 1.82) is 0 Å². The van der Waals surface area contributed by atoms with E-state index in [-0.39, 0.29) is 5.69 Å². The van der Waals surface area contributed by atoms with Gasteiger partial charge in [0.2, 0.25) is 11.6 Å². The summed E-state index contributed by atoms with van der Waals surface area (Å²) in [5.41, 5.74) is 0.190. The summed E-state index contributed by atoms with van der Waals surface area (Å²) in [5, 5.41) is 0.386. The molecule has 2 aromatic heterocycles. The first-order chi connectivity index (χ1) is 15.0. The normalized spacial score (nSPS) is 13.3. The largest absolute Gasteiger partial charge is 0.461 e. The van der Waals surface area contributed by atoms with Gasteiger partial charge in [-0.25, -0.2) is 15.0 Å².